The fourth-order valence-electron chi connectivity index (χ4n) is 4.35. The van der Waals surface area contributed by atoms with Crippen LogP contribution in [-0.2, 0) is 19.6 Å². The lowest BCUT2D eigenvalue weighted by Gasteiger charge is -2.52. The molecule has 2 fully saturated rings. The molecule has 29 heavy (non-hydrogen) atoms. The summed E-state index contributed by atoms with van der Waals surface area (Å²) in [5, 5.41) is 3.76. The summed E-state index contributed by atoms with van der Waals surface area (Å²) in [6.45, 7) is 3.89. The lowest BCUT2D eigenvalue weighted by molar-refractivity contribution is -0.178. The SMILES string of the molecule is CO[C@H]1C(=O)N(C2CCN(S(=O)(=O)c3c(C)noc3C)CC2)[C@H]1c1ccncc1. The Morgan fingerprint density at radius 1 is 1.17 bits per heavy atom. The Kier molecular flexibility index (Phi) is 5.18. The van der Waals surface area contributed by atoms with Gasteiger partial charge in [0, 0.05) is 38.6 Å². The van der Waals surface area contributed by atoms with E-state index in [9.17, 15) is 13.2 Å². The Morgan fingerprint density at radius 3 is 2.38 bits per heavy atom. The smallest absolute Gasteiger partial charge is 0.255 e. The fraction of sp³-hybridized carbons (Fsp3) is 0.526. The maximum Gasteiger partial charge on any atom is 0.255 e. The zero-order valence-electron chi connectivity index (χ0n) is 16.6. The molecule has 156 valence electrons. The van der Waals surface area contributed by atoms with E-state index in [1.54, 1.807) is 26.2 Å². The van der Waals surface area contributed by atoms with Gasteiger partial charge in [0.2, 0.25) is 10.0 Å². The molecule has 2 aromatic rings. The number of sulfonamides is 1. The van der Waals surface area contributed by atoms with Gasteiger partial charge >= 0.3 is 0 Å². The second-order valence-electron chi connectivity index (χ2n) is 7.42. The van der Waals surface area contributed by atoms with Crippen LogP contribution in [0.5, 0.6) is 0 Å². The van der Waals surface area contributed by atoms with Gasteiger partial charge in [-0.3, -0.25) is 9.78 Å². The zero-order valence-corrected chi connectivity index (χ0v) is 17.4. The average Bonchev–Trinajstić information content (AvgIpc) is 3.06. The number of piperidine rings is 1. The van der Waals surface area contributed by atoms with Gasteiger partial charge in [0.25, 0.3) is 5.91 Å². The largest absolute Gasteiger partial charge is 0.369 e. The van der Waals surface area contributed by atoms with Crippen molar-refractivity contribution in [2.24, 2.45) is 0 Å². The standard InChI is InChI=1S/C19H24N4O5S/c1-12-18(13(2)28-21-12)29(25,26)22-10-6-15(7-11-22)23-16(17(27-3)19(23)24)14-4-8-20-9-5-14/h4-5,8-9,15-17H,6-7,10-11H2,1-3H3/t16-,17+/m0/s1. The van der Waals surface area contributed by atoms with Gasteiger partial charge in [-0.2, -0.15) is 4.31 Å². The highest BCUT2D eigenvalue weighted by atomic mass is 32.2. The molecular formula is C19H24N4O5S. The number of methoxy groups -OCH3 is 1. The normalized spacial score (nSPS) is 24.0. The minimum Gasteiger partial charge on any atom is -0.369 e. The lowest BCUT2D eigenvalue weighted by Crippen LogP contribution is -2.64. The molecule has 2 atom stereocenters. The predicted molar refractivity (Wildman–Crippen MR) is 102 cm³/mol. The molecule has 4 heterocycles. The lowest BCUT2D eigenvalue weighted by atomic mass is 9.87. The van der Waals surface area contributed by atoms with Crippen LogP contribution in [0.2, 0.25) is 0 Å². The number of carbonyl (C=O) groups is 1. The van der Waals surface area contributed by atoms with Crippen molar-refractivity contribution < 1.29 is 22.5 Å². The molecule has 0 saturated carbocycles. The fourth-order valence-corrected chi connectivity index (χ4v) is 6.11. The summed E-state index contributed by atoms with van der Waals surface area (Å²) in [6.07, 6.45) is 4.00. The van der Waals surface area contributed by atoms with Gasteiger partial charge in [-0.25, -0.2) is 8.42 Å². The number of nitrogens with zero attached hydrogens (tertiary/aromatic N) is 4. The molecule has 4 rings (SSSR count). The number of hydrogen-bond acceptors (Lipinski definition) is 7. The van der Waals surface area contributed by atoms with E-state index in [1.165, 1.54) is 11.4 Å². The number of likely N-dealkylation sites (tertiary alicyclic amines) is 1. The Hall–Kier alpha value is -2.30. The number of aromatic nitrogens is 2. The summed E-state index contributed by atoms with van der Waals surface area (Å²) in [7, 11) is -2.14. The number of hydrogen-bond donors (Lipinski definition) is 0. The summed E-state index contributed by atoms with van der Waals surface area (Å²) >= 11 is 0. The second kappa shape index (κ2) is 7.51. The molecule has 2 aromatic heterocycles. The first-order chi connectivity index (χ1) is 13.9. The number of amides is 1. The average molecular weight is 420 g/mol. The highest BCUT2D eigenvalue weighted by Crippen LogP contribution is 2.41. The van der Waals surface area contributed by atoms with E-state index in [1.807, 2.05) is 17.0 Å². The maximum absolute atomic E-state index is 13.0. The Morgan fingerprint density at radius 2 is 1.83 bits per heavy atom. The van der Waals surface area contributed by atoms with Crippen molar-refractivity contribution in [1.29, 1.82) is 0 Å². The number of ether oxygens (including phenoxy) is 1. The van der Waals surface area contributed by atoms with Crippen molar-refractivity contribution in [3.05, 3.63) is 41.5 Å². The first-order valence-corrected chi connectivity index (χ1v) is 11.0. The maximum atomic E-state index is 13.0. The number of carbonyl (C=O) groups excluding carboxylic acids is 1. The second-order valence-corrected chi connectivity index (χ2v) is 9.29. The third-order valence-corrected chi connectivity index (χ3v) is 7.91. The molecule has 0 unspecified atom stereocenters. The first kappa shape index (κ1) is 20.0. The Balaban J connectivity index is 1.50. The van der Waals surface area contributed by atoms with E-state index in [0.29, 0.717) is 37.4 Å². The van der Waals surface area contributed by atoms with E-state index in [0.717, 1.165) is 5.56 Å². The van der Waals surface area contributed by atoms with Gasteiger partial charge in [-0.1, -0.05) is 5.16 Å². The third-order valence-electron chi connectivity index (χ3n) is 5.77. The zero-order chi connectivity index (χ0) is 20.8. The van der Waals surface area contributed by atoms with Gasteiger partial charge in [0.15, 0.2) is 11.9 Å². The van der Waals surface area contributed by atoms with Gasteiger partial charge in [0.05, 0.1) is 6.04 Å². The van der Waals surface area contributed by atoms with Crippen LogP contribution in [-0.4, -0.2) is 66.0 Å². The van der Waals surface area contributed by atoms with Gasteiger partial charge in [0.1, 0.15) is 10.6 Å². The van der Waals surface area contributed by atoms with Crippen LogP contribution in [0.4, 0.5) is 0 Å². The van der Waals surface area contributed by atoms with Crippen LogP contribution in [0.25, 0.3) is 0 Å². The molecule has 0 N–H and O–H groups in total. The molecule has 0 aromatic carbocycles. The molecule has 1 amide bonds. The summed E-state index contributed by atoms with van der Waals surface area (Å²) in [5.74, 6) is 0.240. The van der Waals surface area contributed by atoms with E-state index in [2.05, 4.69) is 10.1 Å². The summed E-state index contributed by atoms with van der Waals surface area (Å²) in [5.41, 5.74) is 1.33. The van der Waals surface area contributed by atoms with E-state index >= 15 is 0 Å². The molecule has 0 spiro atoms. The Bertz CT molecular complexity index is 979. The van der Waals surface area contributed by atoms with Crippen LogP contribution >= 0.6 is 0 Å². The molecule has 2 aliphatic rings. The molecule has 9 nitrogen and oxygen atoms in total. The van der Waals surface area contributed by atoms with Crippen molar-refractivity contribution in [2.75, 3.05) is 20.2 Å². The summed E-state index contributed by atoms with van der Waals surface area (Å²) in [6, 6.07) is 3.55. The van der Waals surface area contributed by atoms with Crippen molar-refractivity contribution in [3.63, 3.8) is 0 Å². The monoisotopic (exact) mass is 420 g/mol. The van der Waals surface area contributed by atoms with Crippen molar-refractivity contribution in [3.8, 4) is 0 Å². The molecule has 10 heteroatoms. The Labute approximate surface area is 169 Å². The number of pyridine rings is 1. The molecule has 0 radical (unpaired) electrons. The molecule has 2 saturated heterocycles. The van der Waals surface area contributed by atoms with E-state index in [-0.39, 0.29) is 22.9 Å². The van der Waals surface area contributed by atoms with Gasteiger partial charge < -0.3 is 14.2 Å². The minimum atomic E-state index is -3.67. The van der Waals surface area contributed by atoms with Crippen LogP contribution < -0.4 is 0 Å². The van der Waals surface area contributed by atoms with E-state index < -0.39 is 16.1 Å². The third kappa shape index (κ3) is 3.24. The number of β-lactam (4-membered cyclic amide) rings is 1. The summed E-state index contributed by atoms with van der Waals surface area (Å²) < 4.78 is 37.9. The van der Waals surface area contributed by atoms with Crippen LogP contribution in [0, 0.1) is 13.8 Å². The molecule has 0 bridgehead atoms. The first-order valence-electron chi connectivity index (χ1n) is 9.54. The van der Waals surface area contributed by atoms with Crippen molar-refractivity contribution in [2.45, 2.75) is 49.8 Å². The molecule has 0 aliphatic carbocycles. The van der Waals surface area contributed by atoms with Crippen LogP contribution in [0.1, 0.15) is 35.9 Å². The number of aryl methyl sites for hydroxylation is 2. The topological polar surface area (TPSA) is 106 Å². The van der Waals surface area contributed by atoms with E-state index in [4.69, 9.17) is 9.26 Å². The molecular weight excluding hydrogens is 396 g/mol. The summed E-state index contributed by atoms with van der Waals surface area (Å²) in [4.78, 5) is 18.7. The molecule has 2 aliphatic heterocycles. The van der Waals surface area contributed by atoms with Crippen molar-refractivity contribution in [1.82, 2.24) is 19.3 Å². The van der Waals surface area contributed by atoms with Gasteiger partial charge in [-0.15, -0.1) is 0 Å². The highest BCUT2D eigenvalue weighted by Gasteiger charge is 2.52. The number of rotatable bonds is 5. The predicted octanol–water partition coefficient (Wildman–Crippen LogP) is 1.44. The van der Waals surface area contributed by atoms with Crippen molar-refractivity contribution >= 4 is 15.9 Å². The highest BCUT2D eigenvalue weighted by molar-refractivity contribution is 7.89. The van der Waals surface area contributed by atoms with Crippen LogP contribution in [0.3, 0.4) is 0 Å². The quantitative estimate of drug-likeness (QED) is 0.674. The van der Waals surface area contributed by atoms with Crippen LogP contribution in [0.15, 0.2) is 33.9 Å². The van der Waals surface area contributed by atoms with Gasteiger partial charge in [-0.05, 0) is 44.4 Å². The minimum absolute atomic E-state index is 0.0387.